The molecule has 0 aliphatic carbocycles. The van der Waals surface area contributed by atoms with Crippen LogP contribution in [0.3, 0.4) is 0 Å². The summed E-state index contributed by atoms with van der Waals surface area (Å²) >= 11 is 0. The third kappa shape index (κ3) is 4.84. The number of hydrogen-bond donors (Lipinski definition) is 0. The average Bonchev–Trinajstić information content (AvgIpc) is 3.30. The number of aromatic nitrogens is 1. The molecule has 0 bridgehead atoms. The lowest BCUT2D eigenvalue weighted by Crippen LogP contribution is -2.14. The molecule has 158 valence electrons. The van der Waals surface area contributed by atoms with Gasteiger partial charge >= 0.3 is 5.97 Å². The van der Waals surface area contributed by atoms with Crippen molar-refractivity contribution in [2.75, 3.05) is 6.61 Å². The molecule has 1 unspecified atom stereocenters. The molecule has 1 aromatic carbocycles. The second-order valence-corrected chi connectivity index (χ2v) is 8.08. The second kappa shape index (κ2) is 10.3. The third-order valence-corrected chi connectivity index (χ3v) is 5.87. The molecule has 0 spiro atoms. The zero-order valence-corrected chi connectivity index (χ0v) is 18.1. The molecule has 2 aromatic rings. The van der Waals surface area contributed by atoms with Gasteiger partial charge in [-0.1, -0.05) is 44.9 Å². The summed E-state index contributed by atoms with van der Waals surface area (Å²) in [6.07, 6.45) is 13.1. The number of carbonyl (C=O) groups excluding carboxylic acids is 2. The highest BCUT2D eigenvalue weighted by Crippen LogP contribution is 2.34. The molecule has 0 saturated carbocycles. The Balaban J connectivity index is 1.63. The van der Waals surface area contributed by atoms with Crippen LogP contribution in [0, 0.1) is 19.3 Å². The van der Waals surface area contributed by atoms with Gasteiger partial charge in [-0.3, -0.25) is 9.59 Å². The van der Waals surface area contributed by atoms with E-state index in [1.54, 1.807) is 24.3 Å². The van der Waals surface area contributed by atoms with Crippen molar-refractivity contribution in [1.29, 1.82) is 0 Å². The highest BCUT2D eigenvalue weighted by atomic mass is 16.5. The van der Waals surface area contributed by atoms with E-state index in [-0.39, 0.29) is 17.7 Å². The number of nitrogens with zero attached hydrogens (tertiary/aromatic N) is 1. The number of carbonyl (C=O) groups is 2. The van der Waals surface area contributed by atoms with Crippen molar-refractivity contribution in [1.82, 2.24) is 4.57 Å². The Bertz CT molecular complexity index is 930. The van der Waals surface area contributed by atoms with Crippen LogP contribution in [-0.2, 0) is 16.1 Å². The third-order valence-electron chi connectivity index (χ3n) is 5.87. The van der Waals surface area contributed by atoms with E-state index in [9.17, 15) is 9.59 Å². The van der Waals surface area contributed by atoms with Gasteiger partial charge < -0.3 is 9.30 Å². The molecule has 4 heteroatoms. The lowest BCUT2D eigenvalue weighted by molar-refractivity contribution is -0.145. The van der Waals surface area contributed by atoms with Gasteiger partial charge in [0.1, 0.15) is 0 Å². The topological polar surface area (TPSA) is 48.3 Å². The number of aryl methyl sites for hydroxylation is 1. The van der Waals surface area contributed by atoms with Crippen LogP contribution < -0.4 is 0 Å². The summed E-state index contributed by atoms with van der Waals surface area (Å²) in [5.74, 6) is 2.07. The number of hydrogen-bond acceptors (Lipinski definition) is 3. The molecular weight excluding hydrogens is 374 g/mol. The number of fused-ring (bicyclic) bond motifs is 1. The van der Waals surface area contributed by atoms with Crippen molar-refractivity contribution >= 4 is 11.8 Å². The van der Waals surface area contributed by atoms with Gasteiger partial charge in [0.25, 0.3) is 0 Å². The minimum atomic E-state index is -0.283. The summed E-state index contributed by atoms with van der Waals surface area (Å²) < 4.78 is 7.54. The van der Waals surface area contributed by atoms with Crippen LogP contribution in [0.2, 0.25) is 0 Å². The van der Waals surface area contributed by atoms with Crippen LogP contribution >= 0.6 is 0 Å². The minimum absolute atomic E-state index is 0.0385. The molecule has 0 amide bonds. The summed E-state index contributed by atoms with van der Waals surface area (Å²) in [6.45, 7) is 5.26. The maximum atomic E-state index is 13.1. The Morgan fingerprint density at radius 3 is 2.53 bits per heavy atom. The van der Waals surface area contributed by atoms with E-state index in [1.807, 2.05) is 17.6 Å². The van der Waals surface area contributed by atoms with Gasteiger partial charge in [-0.05, 0) is 55.7 Å². The molecule has 1 atom stereocenters. The lowest BCUT2D eigenvalue weighted by atomic mass is 10.0. The maximum absolute atomic E-state index is 13.1. The second-order valence-electron chi connectivity index (χ2n) is 8.08. The molecular formula is C26H31NO3. The van der Waals surface area contributed by atoms with Gasteiger partial charge in [-0.25, -0.2) is 0 Å². The Kier molecular flexibility index (Phi) is 7.52. The van der Waals surface area contributed by atoms with E-state index in [1.165, 1.54) is 25.7 Å². The molecule has 0 fully saturated rings. The number of benzene rings is 1. The van der Waals surface area contributed by atoms with Crippen molar-refractivity contribution < 1.29 is 14.3 Å². The first-order chi connectivity index (χ1) is 14.6. The molecule has 0 N–H and O–H groups in total. The Morgan fingerprint density at radius 1 is 1.13 bits per heavy atom. The van der Waals surface area contributed by atoms with Crippen LogP contribution in [0.5, 0.6) is 0 Å². The zero-order valence-electron chi connectivity index (χ0n) is 18.1. The quantitative estimate of drug-likeness (QED) is 0.230. The van der Waals surface area contributed by atoms with Crippen LogP contribution in [0.25, 0.3) is 0 Å². The molecule has 0 radical (unpaired) electrons. The fraction of sp³-hybridized carbons (Fsp3) is 0.462. The van der Waals surface area contributed by atoms with Gasteiger partial charge in [0.05, 0.1) is 18.2 Å². The average molecular weight is 406 g/mol. The Hall–Kier alpha value is -2.80. The van der Waals surface area contributed by atoms with Gasteiger partial charge in [0, 0.05) is 23.4 Å². The molecule has 30 heavy (non-hydrogen) atoms. The summed E-state index contributed by atoms with van der Waals surface area (Å²) in [5.41, 5.74) is 3.79. The van der Waals surface area contributed by atoms with Gasteiger partial charge in [0.2, 0.25) is 5.78 Å². The van der Waals surface area contributed by atoms with Crippen molar-refractivity contribution in [3.05, 3.63) is 58.4 Å². The van der Waals surface area contributed by atoms with E-state index < -0.39 is 0 Å². The zero-order chi connectivity index (χ0) is 21.5. The van der Waals surface area contributed by atoms with E-state index in [0.29, 0.717) is 30.8 Å². The van der Waals surface area contributed by atoms with Crippen LogP contribution in [0.15, 0.2) is 30.3 Å². The highest BCUT2D eigenvalue weighted by molar-refractivity contribution is 6.09. The Morgan fingerprint density at radius 2 is 1.83 bits per heavy atom. The monoisotopic (exact) mass is 405 g/mol. The number of terminal acetylenes is 1. The molecule has 1 aliphatic rings. The summed E-state index contributed by atoms with van der Waals surface area (Å²) in [5, 5.41) is 0. The number of esters is 1. The summed E-state index contributed by atoms with van der Waals surface area (Å²) in [4.78, 5) is 25.7. The molecule has 0 saturated heterocycles. The smallest absolute Gasteiger partial charge is 0.315 e. The van der Waals surface area contributed by atoms with E-state index in [0.717, 1.165) is 29.7 Å². The largest absolute Gasteiger partial charge is 0.465 e. The number of ether oxygens (including phenoxy) is 1. The predicted molar refractivity (Wildman–Crippen MR) is 119 cm³/mol. The first-order valence-corrected chi connectivity index (χ1v) is 11.0. The molecule has 2 heterocycles. The van der Waals surface area contributed by atoms with Crippen molar-refractivity contribution in [2.24, 2.45) is 0 Å². The highest BCUT2D eigenvalue weighted by Gasteiger charge is 2.34. The molecule has 4 nitrogen and oxygen atoms in total. The van der Waals surface area contributed by atoms with Crippen LogP contribution in [0.1, 0.15) is 90.7 Å². The minimum Gasteiger partial charge on any atom is -0.465 e. The first kappa shape index (κ1) is 21.9. The van der Waals surface area contributed by atoms with Crippen molar-refractivity contribution in [3.63, 3.8) is 0 Å². The number of ketones is 1. The SMILES string of the molecule is C#Cc1ccc(C(=O)c2c(C)cc3n2CCC3C(=O)OCCCCCCCC)cc1. The molecule has 3 rings (SSSR count). The fourth-order valence-corrected chi connectivity index (χ4v) is 4.20. The van der Waals surface area contributed by atoms with Crippen LogP contribution in [0.4, 0.5) is 0 Å². The van der Waals surface area contributed by atoms with E-state index in [2.05, 4.69) is 12.8 Å². The normalized spacial score (nSPS) is 14.9. The van der Waals surface area contributed by atoms with Crippen molar-refractivity contribution in [2.45, 2.75) is 71.3 Å². The molecule has 1 aromatic heterocycles. The molecule has 1 aliphatic heterocycles. The van der Waals surface area contributed by atoms with E-state index >= 15 is 0 Å². The Labute approximate surface area is 179 Å². The van der Waals surface area contributed by atoms with E-state index in [4.69, 9.17) is 11.2 Å². The lowest BCUT2D eigenvalue weighted by Gasteiger charge is -2.10. The van der Waals surface area contributed by atoms with Gasteiger partial charge in [-0.15, -0.1) is 6.42 Å². The predicted octanol–water partition coefficient (Wildman–Crippen LogP) is 5.40. The fourth-order valence-electron chi connectivity index (χ4n) is 4.20. The summed E-state index contributed by atoms with van der Waals surface area (Å²) in [7, 11) is 0. The van der Waals surface area contributed by atoms with Crippen molar-refractivity contribution in [3.8, 4) is 12.3 Å². The first-order valence-electron chi connectivity index (χ1n) is 11.0. The number of unbranched alkanes of at least 4 members (excludes halogenated alkanes) is 5. The maximum Gasteiger partial charge on any atom is 0.315 e. The number of rotatable bonds is 10. The van der Waals surface area contributed by atoms with Crippen LogP contribution in [-0.4, -0.2) is 22.9 Å². The summed E-state index contributed by atoms with van der Waals surface area (Å²) in [6, 6.07) is 9.04. The standard InChI is InChI=1S/C26H31NO3/c1-4-6-7-8-9-10-17-30-26(29)22-15-16-27-23(22)18-19(3)24(27)25(28)21-13-11-20(5-2)12-14-21/h2,11-14,18,22H,4,6-10,15-17H2,1,3H3. The van der Waals surface area contributed by atoms with Gasteiger partial charge in [-0.2, -0.15) is 0 Å². The van der Waals surface area contributed by atoms with Gasteiger partial charge in [0.15, 0.2) is 0 Å².